The first-order valence-electron chi connectivity index (χ1n) is 10.3. The van der Waals surface area contributed by atoms with E-state index >= 15 is 0 Å². The summed E-state index contributed by atoms with van der Waals surface area (Å²) in [5, 5.41) is 3.99. The van der Waals surface area contributed by atoms with Crippen molar-refractivity contribution in [3.8, 4) is 17.8 Å². The number of carbonyl (C=O) groups is 1. The Morgan fingerprint density at radius 2 is 1.94 bits per heavy atom. The maximum atomic E-state index is 12.0. The summed E-state index contributed by atoms with van der Waals surface area (Å²) in [7, 11) is 1.51. The highest BCUT2D eigenvalue weighted by Crippen LogP contribution is 2.24. The Labute approximate surface area is 185 Å². The Hall–Kier alpha value is -4.08. The molecular formula is C22H23N7O3. The Morgan fingerprint density at radius 3 is 2.72 bits per heavy atom. The van der Waals surface area contributed by atoms with Gasteiger partial charge in [0.25, 0.3) is 5.91 Å². The van der Waals surface area contributed by atoms with Crippen molar-refractivity contribution in [3.05, 3.63) is 59.9 Å². The van der Waals surface area contributed by atoms with Crippen LogP contribution in [-0.4, -0.2) is 52.3 Å². The zero-order valence-corrected chi connectivity index (χ0v) is 17.6. The molecule has 0 saturated carbocycles. The number of anilines is 1. The van der Waals surface area contributed by atoms with Crippen LogP contribution in [0.2, 0.25) is 0 Å². The van der Waals surface area contributed by atoms with Gasteiger partial charge in [-0.1, -0.05) is 12.1 Å². The number of nitrogens with zero attached hydrogens (tertiary/aromatic N) is 6. The van der Waals surface area contributed by atoms with Gasteiger partial charge in [0.1, 0.15) is 5.75 Å². The molecule has 1 aromatic carbocycles. The highest BCUT2D eigenvalue weighted by atomic mass is 16.5. The van der Waals surface area contributed by atoms with Crippen molar-refractivity contribution < 1.29 is 14.3 Å². The third-order valence-corrected chi connectivity index (χ3v) is 4.77. The second kappa shape index (κ2) is 10.3. The minimum Gasteiger partial charge on any atom is -0.467 e. The van der Waals surface area contributed by atoms with E-state index in [1.54, 1.807) is 30.5 Å². The summed E-state index contributed by atoms with van der Waals surface area (Å²) in [5.41, 5.74) is 3.62. The van der Waals surface area contributed by atoms with E-state index in [-0.39, 0.29) is 17.9 Å². The van der Waals surface area contributed by atoms with Gasteiger partial charge in [-0.2, -0.15) is 15.1 Å². The highest BCUT2D eigenvalue weighted by molar-refractivity contribution is 5.94. The van der Waals surface area contributed by atoms with E-state index in [0.717, 1.165) is 31.5 Å². The fourth-order valence-corrected chi connectivity index (χ4v) is 3.19. The maximum absolute atomic E-state index is 12.0. The van der Waals surface area contributed by atoms with Crippen molar-refractivity contribution in [2.75, 3.05) is 25.1 Å². The van der Waals surface area contributed by atoms with Gasteiger partial charge in [0.2, 0.25) is 5.95 Å². The van der Waals surface area contributed by atoms with Crippen molar-refractivity contribution in [1.29, 1.82) is 0 Å². The van der Waals surface area contributed by atoms with Crippen LogP contribution in [0.5, 0.6) is 17.8 Å². The molecule has 10 heteroatoms. The summed E-state index contributed by atoms with van der Waals surface area (Å²) in [6.45, 7) is 1.78. The van der Waals surface area contributed by atoms with Crippen LogP contribution in [0.4, 0.5) is 5.95 Å². The molecule has 3 heterocycles. The van der Waals surface area contributed by atoms with Gasteiger partial charge in [0.15, 0.2) is 0 Å². The average Bonchev–Trinajstić information content (AvgIpc) is 2.85. The number of hydrazone groups is 1. The first-order chi connectivity index (χ1) is 15.7. The smallest absolute Gasteiger partial charge is 0.330 e. The van der Waals surface area contributed by atoms with Crippen molar-refractivity contribution in [1.82, 2.24) is 25.4 Å². The summed E-state index contributed by atoms with van der Waals surface area (Å²) in [6, 6.07) is 10.9. The molecule has 164 valence electrons. The standard InChI is InChI=1S/C22H23N7O3/c1-31-21-25-20(29-11-3-2-4-12-29)26-22(27-21)32-18-9-5-7-16(13-18)14-24-28-19(30)17-8-6-10-23-15-17/h5-10,13-15H,2-4,11-12H2,1H3,(H,28,30)/b24-14-. The molecule has 1 aliphatic heterocycles. The van der Waals surface area contributed by atoms with Gasteiger partial charge in [0, 0.05) is 25.5 Å². The van der Waals surface area contributed by atoms with E-state index in [9.17, 15) is 4.79 Å². The molecule has 0 spiro atoms. The minimum atomic E-state index is -0.343. The molecular weight excluding hydrogens is 410 g/mol. The van der Waals surface area contributed by atoms with E-state index in [1.807, 2.05) is 12.1 Å². The molecule has 1 N–H and O–H groups in total. The molecule has 0 radical (unpaired) electrons. The number of benzene rings is 1. The van der Waals surface area contributed by atoms with Crippen LogP contribution in [0.3, 0.4) is 0 Å². The molecule has 3 aromatic rings. The number of ether oxygens (including phenoxy) is 2. The monoisotopic (exact) mass is 433 g/mol. The molecule has 4 rings (SSSR count). The zero-order chi connectivity index (χ0) is 22.2. The number of amides is 1. The molecule has 1 aliphatic rings. The number of nitrogens with one attached hydrogen (secondary N) is 1. The molecule has 0 bridgehead atoms. The van der Waals surface area contributed by atoms with E-state index in [0.29, 0.717) is 17.3 Å². The SMILES string of the molecule is COc1nc(Oc2cccc(/C=N\NC(=O)c3cccnc3)c2)nc(N2CCCCC2)n1. The van der Waals surface area contributed by atoms with Crippen molar-refractivity contribution >= 4 is 18.1 Å². The van der Waals surface area contributed by atoms with E-state index in [4.69, 9.17) is 9.47 Å². The number of carbonyl (C=O) groups excluding carboxylic acids is 1. The van der Waals surface area contributed by atoms with Gasteiger partial charge >= 0.3 is 12.0 Å². The normalized spacial score (nSPS) is 13.7. The van der Waals surface area contributed by atoms with Crippen LogP contribution >= 0.6 is 0 Å². The largest absolute Gasteiger partial charge is 0.467 e. The number of piperidine rings is 1. The van der Waals surface area contributed by atoms with Crippen molar-refractivity contribution in [2.24, 2.45) is 5.10 Å². The number of hydrogen-bond donors (Lipinski definition) is 1. The summed E-state index contributed by atoms with van der Waals surface area (Å²) < 4.78 is 11.1. The maximum Gasteiger partial charge on any atom is 0.330 e. The molecule has 1 amide bonds. The van der Waals surface area contributed by atoms with Crippen LogP contribution in [-0.2, 0) is 0 Å². The topological polar surface area (TPSA) is 115 Å². The van der Waals surface area contributed by atoms with Gasteiger partial charge < -0.3 is 14.4 Å². The molecule has 0 unspecified atom stereocenters. The first kappa shape index (κ1) is 21.2. The number of pyridine rings is 1. The van der Waals surface area contributed by atoms with Crippen molar-refractivity contribution in [2.45, 2.75) is 19.3 Å². The Balaban J connectivity index is 1.45. The molecule has 0 atom stereocenters. The van der Waals surface area contributed by atoms with E-state index in [2.05, 4.69) is 35.4 Å². The lowest BCUT2D eigenvalue weighted by molar-refractivity contribution is 0.0954. The number of rotatable bonds is 7. The molecule has 32 heavy (non-hydrogen) atoms. The molecule has 10 nitrogen and oxygen atoms in total. The summed E-state index contributed by atoms with van der Waals surface area (Å²) in [6.07, 6.45) is 8.00. The fourth-order valence-electron chi connectivity index (χ4n) is 3.19. The van der Waals surface area contributed by atoms with Crippen LogP contribution in [0.25, 0.3) is 0 Å². The fraction of sp³-hybridized carbons (Fsp3) is 0.273. The molecule has 0 aliphatic carbocycles. The van der Waals surface area contributed by atoms with Crippen molar-refractivity contribution in [3.63, 3.8) is 0 Å². The van der Waals surface area contributed by atoms with Gasteiger partial charge in [-0.15, -0.1) is 4.98 Å². The van der Waals surface area contributed by atoms with Crippen LogP contribution < -0.4 is 19.8 Å². The Kier molecular flexibility index (Phi) is 6.81. The van der Waals surface area contributed by atoms with Gasteiger partial charge in [-0.3, -0.25) is 9.78 Å². The predicted octanol–water partition coefficient (Wildman–Crippen LogP) is 2.82. The van der Waals surface area contributed by atoms with Crippen LogP contribution in [0, 0.1) is 0 Å². The molecule has 1 fully saturated rings. The molecule has 2 aromatic heterocycles. The van der Waals surface area contributed by atoms with Crippen LogP contribution in [0.1, 0.15) is 35.2 Å². The van der Waals surface area contributed by atoms with Gasteiger partial charge in [-0.05, 0) is 49.1 Å². The lowest BCUT2D eigenvalue weighted by Crippen LogP contribution is -2.31. The minimum absolute atomic E-state index is 0.149. The first-order valence-corrected chi connectivity index (χ1v) is 10.3. The van der Waals surface area contributed by atoms with Gasteiger partial charge in [-0.25, -0.2) is 5.43 Å². The second-order valence-electron chi connectivity index (χ2n) is 7.07. The third kappa shape index (κ3) is 5.54. The highest BCUT2D eigenvalue weighted by Gasteiger charge is 2.17. The van der Waals surface area contributed by atoms with E-state index < -0.39 is 0 Å². The van der Waals surface area contributed by atoms with Gasteiger partial charge in [0.05, 0.1) is 18.9 Å². The zero-order valence-electron chi connectivity index (χ0n) is 17.6. The summed E-state index contributed by atoms with van der Waals surface area (Å²) in [5.74, 6) is 0.719. The van der Waals surface area contributed by atoms with E-state index in [1.165, 1.54) is 25.9 Å². The quantitative estimate of drug-likeness (QED) is 0.447. The summed E-state index contributed by atoms with van der Waals surface area (Å²) in [4.78, 5) is 31.1. The number of methoxy groups -OCH3 is 1. The lowest BCUT2D eigenvalue weighted by atomic mass is 10.1. The Morgan fingerprint density at radius 1 is 1.09 bits per heavy atom. The Bertz CT molecular complexity index is 1090. The average molecular weight is 433 g/mol. The van der Waals surface area contributed by atoms with Crippen LogP contribution in [0.15, 0.2) is 53.9 Å². The number of hydrogen-bond acceptors (Lipinski definition) is 9. The molecule has 1 saturated heterocycles. The summed E-state index contributed by atoms with van der Waals surface area (Å²) >= 11 is 0. The predicted molar refractivity (Wildman–Crippen MR) is 118 cm³/mol. The number of aromatic nitrogens is 4. The second-order valence-corrected chi connectivity index (χ2v) is 7.07. The third-order valence-electron chi connectivity index (χ3n) is 4.77. The lowest BCUT2D eigenvalue weighted by Gasteiger charge is -2.26.